The van der Waals surface area contributed by atoms with Crippen molar-refractivity contribution in [3.63, 3.8) is 0 Å². The highest BCUT2D eigenvalue weighted by atomic mass is 17.0. The lowest BCUT2D eigenvalue weighted by atomic mass is 10.1. The maximum atomic E-state index is 12.3. The van der Waals surface area contributed by atoms with E-state index in [-0.39, 0.29) is 5.09 Å². The van der Waals surface area contributed by atoms with E-state index in [0.29, 0.717) is 22.5 Å². The number of aryl methyl sites for hydroxylation is 2. The van der Waals surface area contributed by atoms with Crippen LogP contribution in [0.1, 0.15) is 25.0 Å². The van der Waals surface area contributed by atoms with Gasteiger partial charge in [0.05, 0.1) is 0 Å². The number of nitrogens with zero attached hydrogens (tertiary/aromatic N) is 3. The second kappa shape index (κ2) is 7.60. The van der Waals surface area contributed by atoms with E-state index in [4.69, 9.17) is 9.68 Å². The Bertz CT molecular complexity index is 1080. The molecule has 0 aliphatic carbocycles. The van der Waals surface area contributed by atoms with Crippen LogP contribution in [0.3, 0.4) is 0 Å². The number of fused-ring (bicyclic) bond motifs is 2. The molecule has 0 atom stereocenters. The summed E-state index contributed by atoms with van der Waals surface area (Å²) in [5.41, 5.74) is 3.45. The molecule has 0 unspecified atom stereocenters. The second-order valence-corrected chi connectivity index (χ2v) is 6.46. The van der Waals surface area contributed by atoms with Crippen LogP contribution < -0.4 is 9.68 Å². The molecule has 6 nitrogen and oxygen atoms in total. The first kappa shape index (κ1) is 17.9. The molecule has 2 aromatic carbocycles. The fourth-order valence-corrected chi connectivity index (χ4v) is 3.07. The second-order valence-electron chi connectivity index (χ2n) is 6.46. The predicted molar refractivity (Wildman–Crippen MR) is 107 cm³/mol. The number of hydrogen-bond donors (Lipinski definition) is 0. The molecule has 2 aromatic heterocycles. The Morgan fingerprint density at radius 1 is 0.786 bits per heavy atom. The number of aromatic nitrogens is 2. The van der Waals surface area contributed by atoms with E-state index in [0.717, 1.165) is 34.7 Å². The summed E-state index contributed by atoms with van der Waals surface area (Å²) in [5.74, 6) is 0.660. The molecule has 140 valence electrons. The zero-order valence-corrected chi connectivity index (χ0v) is 15.8. The molecule has 0 amide bonds. The molecule has 2 heterocycles. The Hall–Kier alpha value is -3.54. The van der Waals surface area contributed by atoms with Gasteiger partial charge in [-0.05, 0) is 48.2 Å². The highest BCUT2D eigenvalue weighted by molar-refractivity contribution is 5.85. The normalized spacial score (nSPS) is 10.9. The van der Waals surface area contributed by atoms with Crippen molar-refractivity contribution in [3.05, 3.63) is 77.0 Å². The van der Waals surface area contributed by atoms with Crippen molar-refractivity contribution in [1.82, 2.24) is 9.97 Å². The van der Waals surface area contributed by atoms with Gasteiger partial charge in [0.2, 0.25) is 11.5 Å². The minimum atomic E-state index is 0.0916. The summed E-state index contributed by atoms with van der Waals surface area (Å²) < 4.78 is 0. The average molecular weight is 374 g/mol. The van der Waals surface area contributed by atoms with Crippen molar-refractivity contribution in [1.29, 1.82) is 0 Å². The third-order valence-electron chi connectivity index (χ3n) is 4.62. The van der Waals surface area contributed by atoms with Gasteiger partial charge in [0.25, 0.3) is 0 Å². The maximum Gasteiger partial charge on any atom is 0.489 e. The monoisotopic (exact) mass is 374 g/mol. The van der Waals surface area contributed by atoms with Crippen LogP contribution in [-0.2, 0) is 12.8 Å². The fraction of sp³-hybridized carbons (Fsp3) is 0.182. The molecule has 0 saturated carbocycles. The molecule has 0 saturated heterocycles. The molecule has 0 aliphatic rings. The Morgan fingerprint density at radius 3 is 1.68 bits per heavy atom. The number of para-hydroxylation sites is 2. The average Bonchev–Trinajstić information content (AvgIpc) is 2.73. The number of benzene rings is 2. The zero-order chi connectivity index (χ0) is 19.5. The molecule has 0 spiro atoms. The summed E-state index contributed by atoms with van der Waals surface area (Å²) in [6.07, 6.45) is 5.34. The van der Waals surface area contributed by atoms with E-state index in [1.165, 1.54) is 0 Å². The van der Waals surface area contributed by atoms with Crippen LogP contribution in [0, 0.1) is 4.91 Å². The van der Waals surface area contributed by atoms with Crippen molar-refractivity contribution in [2.45, 2.75) is 26.7 Å². The van der Waals surface area contributed by atoms with Gasteiger partial charge in [-0.2, -0.15) is 0 Å². The van der Waals surface area contributed by atoms with E-state index < -0.39 is 0 Å². The van der Waals surface area contributed by atoms with Crippen molar-refractivity contribution in [2.24, 2.45) is 0 Å². The predicted octanol–water partition coefficient (Wildman–Crippen LogP) is 4.97. The third kappa shape index (κ3) is 3.49. The summed E-state index contributed by atoms with van der Waals surface area (Å²) >= 11 is 0. The van der Waals surface area contributed by atoms with Crippen molar-refractivity contribution < 1.29 is 14.8 Å². The SMILES string of the molecule is CCc1cnc2c(O[N+](=O)Oc3cccc4cc(CC)cnc34)cccc2c1. The zero-order valence-electron chi connectivity index (χ0n) is 15.8. The molecule has 0 aliphatic heterocycles. The lowest BCUT2D eigenvalue weighted by Crippen LogP contribution is -2.17. The number of pyridine rings is 2. The van der Waals surface area contributed by atoms with Gasteiger partial charge in [0, 0.05) is 23.2 Å². The molecule has 0 radical (unpaired) electrons. The Labute approximate surface area is 162 Å². The van der Waals surface area contributed by atoms with Gasteiger partial charge in [-0.15, -0.1) is 9.68 Å². The minimum absolute atomic E-state index is 0.0916. The standard InChI is InChI=1S/C22H20N3O3/c1-3-15-11-17-7-5-9-19(21(17)23-13-15)27-25(26)28-20-10-6-8-18-12-16(4-2)14-24-22(18)20/h5-14H,3-4H2,1-2H3/q+1. The largest absolute Gasteiger partial charge is 0.489 e. The van der Waals surface area contributed by atoms with E-state index in [9.17, 15) is 4.91 Å². The maximum absolute atomic E-state index is 12.3. The molecule has 4 rings (SSSR count). The minimum Gasteiger partial charge on any atom is -0.252 e. The Morgan fingerprint density at radius 2 is 1.25 bits per heavy atom. The van der Waals surface area contributed by atoms with Gasteiger partial charge < -0.3 is 0 Å². The molecule has 4 aromatic rings. The van der Waals surface area contributed by atoms with Gasteiger partial charge in [-0.3, -0.25) is 9.97 Å². The van der Waals surface area contributed by atoms with E-state index in [1.54, 1.807) is 24.5 Å². The molecule has 6 heteroatoms. The first-order chi connectivity index (χ1) is 13.7. The van der Waals surface area contributed by atoms with Crippen LogP contribution in [-0.4, -0.2) is 15.1 Å². The van der Waals surface area contributed by atoms with Crippen LogP contribution in [0.2, 0.25) is 0 Å². The first-order valence-corrected chi connectivity index (χ1v) is 9.26. The fourth-order valence-electron chi connectivity index (χ4n) is 3.07. The number of rotatable bonds is 6. The van der Waals surface area contributed by atoms with Crippen LogP contribution >= 0.6 is 0 Å². The first-order valence-electron chi connectivity index (χ1n) is 9.26. The van der Waals surface area contributed by atoms with Crippen molar-refractivity contribution >= 4 is 21.8 Å². The number of hydrogen-bond acceptors (Lipinski definition) is 5. The van der Waals surface area contributed by atoms with Gasteiger partial charge in [-0.25, -0.2) is 0 Å². The summed E-state index contributed by atoms with van der Waals surface area (Å²) in [6.45, 7) is 4.14. The highest BCUT2D eigenvalue weighted by Crippen LogP contribution is 2.27. The molecule has 0 bridgehead atoms. The van der Waals surface area contributed by atoms with Crippen molar-refractivity contribution in [2.75, 3.05) is 0 Å². The van der Waals surface area contributed by atoms with E-state index in [2.05, 4.69) is 23.8 Å². The van der Waals surface area contributed by atoms with E-state index in [1.807, 2.05) is 36.4 Å². The smallest absolute Gasteiger partial charge is 0.252 e. The van der Waals surface area contributed by atoms with Gasteiger partial charge in [-0.1, -0.05) is 38.1 Å². The molecular weight excluding hydrogens is 354 g/mol. The highest BCUT2D eigenvalue weighted by Gasteiger charge is 2.21. The topological polar surface area (TPSA) is 64.3 Å². The van der Waals surface area contributed by atoms with Gasteiger partial charge in [0.15, 0.2) is 0 Å². The lowest BCUT2D eigenvalue weighted by molar-refractivity contribution is -0.920. The molecule has 0 N–H and O–H groups in total. The summed E-state index contributed by atoms with van der Waals surface area (Å²) in [4.78, 5) is 31.9. The quantitative estimate of drug-likeness (QED) is 0.446. The van der Waals surface area contributed by atoms with Gasteiger partial charge in [0.1, 0.15) is 15.9 Å². The summed E-state index contributed by atoms with van der Waals surface area (Å²) in [7, 11) is 0. The van der Waals surface area contributed by atoms with Crippen LogP contribution in [0.5, 0.6) is 11.5 Å². The Kier molecular flexibility index (Phi) is 4.85. The third-order valence-corrected chi connectivity index (χ3v) is 4.62. The van der Waals surface area contributed by atoms with E-state index >= 15 is 0 Å². The van der Waals surface area contributed by atoms with Crippen LogP contribution in [0.15, 0.2) is 60.9 Å². The lowest BCUT2D eigenvalue weighted by Gasteiger charge is -2.04. The van der Waals surface area contributed by atoms with Crippen LogP contribution in [0.4, 0.5) is 0 Å². The molecular formula is C22H20N3O3+. The Balaban J connectivity index is 1.60. The summed E-state index contributed by atoms with van der Waals surface area (Å²) in [5, 5.41) is 1.90. The summed E-state index contributed by atoms with van der Waals surface area (Å²) in [6, 6.07) is 14.9. The van der Waals surface area contributed by atoms with Crippen molar-refractivity contribution in [3.8, 4) is 11.5 Å². The van der Waals surface area contributed by atoms with Gasteiger partial charge >= 0.3 is 5.09 Å². The molecule has 0 fully saturated rings. The van der Waals surface area contributed by atoms with Crippen LogP contribution in [0.25, 0.3) is 21.8 Å². The molecule has 28 heavy (non-hydrogen) atoms.